The van der Waals surface area contributed by atoms with Crippen molar-refractivity contribution in [2.45, 2.75) is 32.1 Å². The van der Waals surface area contributed by atoms with Crippen molar-refractivity contribution in [2.24, 2.45) is 11.0 Å². The molecule has 20 heavy (non-hydrogen) atoms. The van der Waals surface area contributed by atoms with Crippen molar-refractivity contribution >= 4 is 6.08 Å². The average Bonchev–Trinajstić information content (AvgIpc) is 2.51. The molecule has 1 fully saturated rings. The largest absolute Gasteiger partial charge is 0.493 e. The molecule has 1 aliphatic rings. The highest BCUT2D eigenvalue weighted by atomic mass is 16.5. The molecule has 106 valence electrons. The van der Waals surface area contributed by atoms with Gasteiger partial charge in [0.1, 0.15) is 5.75 Å². The van der Waals surface area contributed by atoms with Gasteiger partial charge in [-0.1, -0.05) is 48.7 Å². The molecule has 0 heterocycles. The summed E-state index contributed by atoms with van der Waals surface area (Å²) in [5.74, 6) is 1.63. The molecule has 4 heteroatoms. The molecule has 1 aromatic rings. The molecule has 0 unspecified atom stereocenters. The Bertz CT molecular complexity index is 486. The lowest BCUT2D eigenvalue weighted by Gasteiger charge is -2.21. The van der Waals surface area contributed by atoms with Gasteiger partial charge in [0.15, 0.2) is 0 Å². The molecule has 2 rings (SSSR count). The Morgan fingerprint density at radius 3 is 2.95 bits per heavy atom. The second-order valence-corrected chi connectivity index (χ2v) is 5.20. The Balaban J connectivity index is 1.85. The predicted molar refractivity (Wildman–Crippen MR) is 81.6 cm³/mol. The van der Waals surface area contributed by atoms with E-state index in [1.165, 1.54) is 32.1 Å². The summed E-state index contributed by atoms with van der Waals surface area (Å²) in [6, 6.07) is 8.02. The molecule has 0 aromatic heterocycles. The van der Waals surface area contributed by atoms with Gasteiger partial charge in [-0.05, 0) is 42.0 Å². The summed E-state index contributed by atoms with van der Waals surface area (Å²) in [6.07, 6.45) is 10.5. The van der Waals surface area contributed by atoms with E-state index in [0.29, 0.717) is 12.5 Å². The monoisotopic (exact) mass is 271 g/mol. The summed E-state index contributed by atoms with van der Waals surface area (Å²) in [4.78, 5) is 2.71. The number of azide groups is 1. The molecule has 0 atom stereocenters. The van der Waals surface area contributed by atoms with Crippen molar-refractivity contribution in [3.63, 3.8) is 0 Å². The number of hydrogen-bond acceptors (Lipinski definition) is 2. The molecule has 0 spiro atoms. The smallest absolute Gasteiger partial charge is 0.119 e. The minimum Gasteiger partial charge on any atom is -0.493 e. The van der Waals surface area contributed by atoms with Gasteiger partial charge in [-0.3, -0.25) is 0 Å². The van der Waals surface area contributed by atoms with E-state index in [1.54, 1.807) is 0 Å². The van der Waals surface area contributed by atoms with Crippen molar-refractivity contribution in [3.8, 4) is 5.75 Å². The predicted octanol–water partition coefficient (Wildman–Crippen LogP) is 4.97. The third-order valence-electron chi connectivity index (χ3n) is 3.63. The normalized spacial score (nSPS) is 16.0. The van der Waals surface area contributed by atoms with Gasteiger partial charge in [0.05, 0.1) is 6.61 Å². The highest BCUT2D eigenvalue weighted by Gasteiger charge is 2.13. The lowest BCUT2D eigenvalue weighted by Crippen LogP contribution is -2.15. The Hall–Kier alpha value is -1.93. The third kappa shape index (κ3) is 4.98. The Kier molecular flexibility index (Phi) is 6.00. The Labute approximate surface area is 120 Å². The zero-order valence-corrected chi connectivity index (χ0v) is 11.7. The second-order valence-electron chi connectivity index (χ2n) is 5.20. The zero-order chi connectivity index (χ0) is 14.0. The van der Waals surface area contributed by atoms with Gasteiger partial charge in [-0.25, -0.2) is 0 Å². The highest BCUT2D eigenvalue weighted by molar-refractivity contribution is 5.51. The van der Waals surface area contributed by atoms with Crippen LogP contribution in [0.3, 0.4) is 0 Å². The van der Waals surface area contributed by atoms with Gasteiger partial charge in [0.25, 0.3) is 0 Å². The lowest BCUT2D eigenvalue weighted by atomic mass is 9.90. The molecule has 1 aliphatic carbocycles. The molecule has 0 saturated heterocycles. The minimum absolute atomic E-state index is 0.379. The fraction of sp³-hybridized carbons (Fsp3) is 0.500. The molecule has 0 aliphatic heterocycles. The maximum atomic E-state index is 8.21. The molecular weight excluding hydrogens is 250 g/mol. The van der Waals surface area contributed by atoms with Crippen molar-refractivity contribution in [1.29, 1.82) is 0 Å². The fourth-order valence-corrected chi connectivity index (χ4v) is 2.55. The summed E-state index contributed by atoms with van der Waals surface area (Å²) in [6.45, 7) is 1.20. The summed E-state index contributed by atoms with van der Waals surface area (Å²) in [5, 5.41) is 3.47. The first-order valence-electron chi connectivity index (χ1n) is 7.29. The fourth-order valence-electron chi connectivity index (χ4n) is 2.55. The van der Waals surface area contributed by atoms with E-state index in [4.69, 9.17) is 10.3 Å². The van der Waals surface area contributed by atoms with Gasteiger partial charge in [-0.15, -0.1) is 0 Å². The standard InChI is InChI=1S/C16H21N3O/c17-19-18-11-5-9-14-8-4-10-16(12-14)20-13-15-6-2-1-3-7-15/h4-5,8-10,12,15H,1-3,6-7,11,13H2. The molecule has 0 amide bonds. The summed E-state index contributed by atoms with van der Waals surface area (Å²) < 4.78 is 5.90. The van der Waals surface area contributed by atoms with Crippen LogP contribution in [-0.2, 0) is 0 Å². The Morgan fingerprint density at radius 2 is 2.15 bits per heavy atom. The van der Waals surface area contributed by atoms with Crippen LogP contribution in [0.2, 0.25) is 0 Å². The van der Waals surface area contributed by atoms with Crippen LogP contribution in [0.15, 0.2) is 35.5 Å². The molecule has 1 saturated carbocycles. The van der Waals surface area contributed by atoms with Crippen LogP contribution in [0, 0.1) is 5.92 Å². The van der Waals surface area contributed by atoms with Crippen LogP contribution in [0.25, 0.3) is 16.5 Å². The molecule has 0 bridgehead atoms. The quantitative estimate of drug-likeness (QED) is 0.409. The van der Waals surface area contributed by atoms with Crippen molar-refractivity contribution < 1.29 is 4.74 Å². The van der Waals surface area contributed by atoms with Crippen LogP contribution < -0.4 is 4.74 Å². The van der Waals surface area contributed by atoms with Gasteiger partial charge in [0, 0.05) is 11.5 Å². The van der Waals surface area contributed by atoms with Crippen molar-refractivity contribution in [3.05, 3.63) is 46.3 Å². The van der Waals surface area contributed by atoms with Crippen molar-refractivity contribution in [1.82, 2.24) is 0 Å². The van der Waals surface area contributed by atoms with E-state index in [9.17, 15) is 0 Å². The second kappa shape index (κ2) is 8.28. The maximum Gasteiger partial charge on any atom is 0.119 e. The zero-order valence-electron chi connectivity index (χ0n) is 11.7. The highest BCUT2D eigenvalue weighted by Crippen LogP contribution is 2.25. The van der Waals surface area contributed by atoms with Crippen LogP contribution in [-0.4, -0.2) is 13.2 Å². The Morgan fingerprint density at radius 1 is 1.30 bits per heavy atom. The van der Waals surface area contributed by atoms with Crippen LogP contribution in [0.5, 0.6) is 5.75 Å². The summed E-state index contributed by atoms with van der Waals surface area (Å²) in [5.41, 5.74) is 9.27. The third-order valence-corrected chi connectivity index (χ3v) is 3.63. The minimum atomic E-state index is 0.379. The molecule has 1 aromatic carbocycles. The van der Waals surface area contributed by atoms with E-state index in [2.05, 4.69) is 10.0 Å². The first-order valence-corrected chi connectivity index (χ1v) is 7.29. The van der Waals surface area contributed by atoms with Gasteiger partial charge in [0.2, 0.25) is 0 Å². The number of rotatable bonds is 6. The van der Waals surface area contributed by atoms with Crippen LogP contribution in [0.1, 0.15) is 37.7 Å². The van der Waals surface area contributed by atoms with Crippen LogP contribution >= 0.6 is 0 Å². The van der Waals surface area contributed by atoms with Gasteiger partial charge >= 0.3 is 0 Å². The number of nitrogens with zero attached hydrogens (tertiary/aromatic N) is 3. The van der Waals surface area contributed by atoms with E-state index in [-0.39, 0.29) is 0 Å². The van der Waals surface area contributed by atoms with Gasteiger partial charge < -0.3 is 4.74 Å². The number of hydrogen-bond donors (Lipinski definition) is 0. The first kappa shape index (κ1) is 14.5. The van der Waals surface area contributed by atoms with E-state index in [1.807, 2.05) is 36.4 Å². The van der Waals surface area contributed by atoms with E-state index >= 15 is 0 Å². The summed E-state index contributed by atoms with van der Waals surface area (Å²) in [7, 11) is 0. The molecule has 0 radical (unpaired) electrons. The average molecular weight is 271 g/mol. The molecule has 0 N–H and O–H groups in total. The lowest BCUT2D eigenvalue weighted by molar-refractivity contribution is 0.209. The molecular formula is C16H21N3O. The van der Waals surface area contributed by atoms with Crippen LogP contribution in [0.4, 0.5) is 0 Å². The van der Waals surface area contributed by atoms with E-state index in [0.717, 1.165) is 17.9 Å². The number of ether oxygens (including phenoxy) is 1. The number of benzene rings is 1. The van der Waals surface area contributed by atoms with E-state index < -0.39 is 0 Å². The maximum absolute atomic E-state index is 8.21. The van der Waals surface area contributed by atoms with Crippen molar-refractivity contribution in [2.75, 3.05) is 13.2 Å². The first-order chi connectivity index (χ1) is 9.88. The summed E-state index contributed by atoms with van der Waals surface area (Å²) >= 11 is 0. The SMILES string of the molecule is [N-]=[N+]=NCC=Cc1cccc(OCC2CCCCC2)c1. The topological polar surface area (TPSA) is 58.0 Å². The van der Waals surface area contributed by atoms with Gasteiger partial charge in [-0.2, -0.15) is 0 Å². The molecule has 4 nitrogen and oxygen atoms in total.